The molecular formula is C19H28IN5O. The molecule has 6 nitrogen and oxygen atoms in total. The molecule has 1 aromatic heterocycles. The lowest BCUT2D eigenvalue weighted by Gasteiger charge is -2.25. The molecule has 1 unspecified atom stereocenters. The van der Waals surface area contributed by atoms with E-state index in [2.05, 4.69) is 49.9 Å². The van der Waals surface area contributed by atoms with Gasteiger partial charge in [0, 0.05) is 45.2 Å². The average molecular weight is 469 g/mol. The van der Waals surface area contributed by atoms with Gasteiger partial charge in [-0.25, -0.2) is 4.98 Å². The normalized spacial score (nSPS) is 23.0. The van der Waals surface area contributed by atoms with Crippen LogP contribution in [-0.4, -0.2) is 60.3 Å². The second-order valence-electron chi connectivity index (χ2n) is 7.25. The minimum Gasteiger partial charge on any atom is -0.381 e. The fourth-order valence-corrected chi connectivity index (χ4v) is 4.18. The quantitative estimate of drug-likeness (QED) is 0.427. The van der Waals surface area contributed by atoms with E-state index >= 15 is 0 Å². The van der Waals surface area contributed by atoms with Crippen LogP contribution in [0.3, 0.4) is 0 Å². The zero-order valence-electron chi connectivity index (χ0n) is 15.6. The Morgan fingerprint density at radius 1 is 1.35 bits per heavy atom. The summed E-state index contributed by atoms with van der Waals surface area (Å²) in [4.78, 5) is 11.5. The SMILES string of the molecule is CN=C(NCCn1c(C)nc2ccccc21)N1CCC2(CCOC2)C1.I. The summed E-state index contributed by atoms with van der Waals surface area (Å²) in [5, 5.41) is 3.53. The van der Waals surface area contributed by atoms with E-state index in [-0.39, 0.29) is 24.0 Å². The van der Waals surface area contributed by atoms with Crippen molar-refractivity contribution in [3.8, 4) is 0 Å². The van der Waals surface area contributed by atoms with Crippen molar-refractivity contribution < 1.29 is 4.74 Å². The number of likely N-dealkylation sites (tertiary alicyclic amines) is 1. The van der Waals surface area contributed by atoms with Gasteiger partial charge in [-0.3, -0.25) is 4.99 Å². The minimum absolute atomic E-state index is 0. The molecule has 2 aromatic rings. The standard InChI is InChI=1S/C19H27N5O.HI/c1-15-22-16-5-3-4-6-17(16)24(15)11-9-21-18(20-2)23-10-7-19(13-23)8-12-25-14-19;/h3-6H,7-14H2,1-2H3,(H,20,21);1H. The Balaban J connectivity index is 0.00000196. The molecule has 0 saturated carbocycles. The van der Waals surface area contributed by atoms with Crippen LogP contribution in [0.4, 0.5) is 0 Å². The van der Waals surface area contributed by atoms with Crippen molar-refractivity contribution in [3.63, 3.8) is 0 Å². The summed E-state index contributed by atoms with van der Waals surface area (Å²) in [5.74, 6) is 2.06. The molecule has 2 aliphatic rings. The van der Waals surface area contributed by atoms with Crippen molar-refractivity contribution in [2.75, 3.05) is 39.9 Å². The van der Waals surface area contributed by atoms with E-state index in [1.54, 1.807) is 0 Å². The third kappa shape index (κ3) is 3.69. The van der Waals surface area contributed by atoms with Gasteiger partial charge in [-0.2, -0.15) is 0 Å². The highest BCUT2D eigenvalue weighted by Gasteiger charge is 2.42. The van der Waals surface area contributed by atoms with Gasteiger partial charge in [-0.15, -0.1) is 24.0 Å². The molecule has 0 amide bonds. The number of halogens is 1. The molecule has 7 heteroatoms. The number of fused-ring (bicyclic) bond motifs is 1. The zero-order chi connectivity index (χ0) is 17.3. The summed E-state index contributed by atoms with van der Waals surface area (Å²) in [6.45, 7) is 7.73. The number of guanidine groups is 1. The number of nitrogens with one attached hydrogen (secondary N) is 1. The highest BCUT2D eigenvalue weighted by Crippen LogP contribution is 2.38. The van der Waals surface area contributed by atoms with Crippen molar-refractivity contribution in [1.82, 2.24) is 19.8 Å². The number of benzene rings is 1. The second kappa shape index (κ2) is 8.12. The lowest BCUT2D eigenvalue weighted by atomic mass is 9.87. The third-order valence-electron chi connectivity index (χ3n) is 5.60. The monoisotopic (exact) mass is 469 g/mol. The summed E-state index contributed by atoms with van der Waals surface area (Å²) in [5.41, 5.74) is 2.61. The molecule has 1 N–H and O–H groups in total. The van der Waals surface area contributed by atoms with Gasteiger partial charge < -0.3 is 19.5 Å². The molecule has 1 aromatic carbocycles. The summed E-state index contributed by atoms with van der Waals surface area (Å²) >= 11 is 0. The van der Waals surface area contributed by atoms with E-state index < -0.39 is 0 Å². The van der Waals surface area contributed by atoms with Crippen LogP contribution in [0, 0.1) is 12.3 Å². The second-order valence-corrected chi connectivity index (χ2v) is 7.25. The van der Waals surface area contributed by atoms with Crippen molar-refractivity contribution in [2.45, 2.75) is 26.3 Å². The Morgan fingerprint density at radius 2 is 2.19 bits per heavy atom. The van der Waals surface area contributed by atoms with Gasteiger partial charge in [0.25, 0.3) is 0 Å². The van der Waals surface area contributed by atoms with Crippen LogP contribution in [0.25, 0.3) is 11.0 Å². The van der Waals surface area contributed by atoms with Gasteiger partial charge in [0.2, 0.25) is 0 Å². The number of rotatable bonds is 3. The number of aryl methyl sites for hydroxylation is 1. The molecule has 2 fully saturated rings. The minimum atomic E-state index is 0. The van der Waals surface area contributed by atoms with Gasteiger partial charge in [0.1, 0.15) is 5.82 Å². The highest BCUT2D eigenvalue weighted by atomic mass is 127. The summed E-state index contributed by atoms with van der Waals surface area (Å²) in [6, 6.07) is 8.31. The number of aliphatic imine (C=N–C) groups is 1. The van der Waals surface area contributed by atoms with Gasteiger partial charge >= 0.3 is 0 Å². The van der Waals surface area contributed by atoms with Crippen LogP contribution in [0.5, 0.6) is 0 Å². The molecule has 4 rings (SSSR count). The Labute approximate surface area is 172 Å². The van der Waals surface area contributed by atoms with E-state index in [0.717, 1.165) is 56.7 Å². The van der Waals surface area contributed by atoms with Crippen LogP contribution in [0.15, 0.2) is 29.3 Å². The summed E-state index contributed by atoms with van der Waals surface area (Å²) in [6.07, 6.45) is 2.39. The lowest BCUT2D eigenvalue weighted by molar-refractivity contribution is 0.156. The fraction of sp³-hybridized carbons (Fsp3) is 0.579. The molecule has 1 atom stereocenters. The molecule has 3 heterocycles. The predicted octanol–water partition coefficient (Wildman–Crippen LogP) is 2.65. The predicted molar refractivity (Wildman–Crippen MR) is 115 cm³/mol. The summed E-state index contributed by atoms with van der Waals surface area (Å²) in [7, 11) is 1.87. The first-order valence-corrected chi connectivity index (χ1v) is 9.16. The maximum Gasteiger partial charge on any atom is 0.193 e. The Bertz CT molecular complexity index is 781. The van der Waals surface area contributed by atoms with Crippen LogP contribution < -0.4 is 5.32 Å². The molecule has 2 aliphatic heterocycles. The topological polar surface area (TPSA) is 54.7 Å². The number of para-hydroxylation sites is 2. The first kappa shape index (κ1) is 19.4. The molecule has 0 aliphatic carbocycles. The molecule has 1 spiro atoms. The maximum atomic E-state index is 5.63. The molecule has 26 heavy (non-hydrogen) atoms. The Hall–Kier alpha value is -1.35. The Kier molecular flexibility index (Phi) is 6.06. The van der Waals surface area contributed by atoms with E-state index in [4.69, 9.17) is 4.74 Å². The van der Waals surface area contributed by atoms with Crippen molar-refractivity contribution >= 4 is 41.0 Å². The number of hydrogen-bond acceptors (Lipinski definition) is 3. The first-order chi connectivity index (χ1) is 12.2. The fourth-order valence-electron chi connectivity index (χ4n) is 4.18. The largest absolute Gasteiger partial charge is 0.381 e. The van der Waals surface area contributed by atoms with Crippen LogP contribution >= 0.6 is 24.0 Å². The van der Waals surface area contributed by atoms with Gasteiger partial charge in [-0.1, -0.05) is 12.1 Å². The van der Waals surface area contributed by atoms with Crippen molar-refractivity contribution in [2.24, 2.45) is 10.4 Å². The van der Waals surface area contributed by atoms with E-state index in [1.165, 1.54) is 18.4 Å². The van der Waals surface area contributed by atoms with Crippen molar-refractivity contribution in [3.05, 3.63) is 30.1 Å². The number of nitrogens with zero attached hydrogens (tertiary/aromatic N) is 4. The average Bonchev–Trinajstić information content (AvgIpc) is 3.33. The van der Waals surface area contributed by atoms with Crippen LogP contribution in [0.1, 0.15) is 18.7 Å². The number of hydrogen-bond donors (Lipinski definition) is 1. The molecule has 0 bridgehead atoms. The number of aromatic nitrogens is 2. The smallest absolute Gasteiger partial charge is 0.193 e. The molecule has 142 valence electrons. The lowest BCUT2D eigenvalue weighted by Crippen LogP contribution is -2.42. The van der Waals surface area contributed by atoms with E-state index in [9.17, 15) is 0 Å². The molecule has 0 radical (unpaired) electrons. The number of imidazole rings is 1. The van der Waals surface area contributed by atoms with Gasteiger partial charge in [0.05, 0.1) is 17.6 Å². The Morgan fingerprint density at radius 3 is 2.96 bits per heavy atom. The van der Waals surface area contributed by atoms with Gasteiger partial charge in [-0.05, 0) is 31.9 Å². The third-order valence-corrected chi connectivity index (χ3v) is 5.60. The first-order valence-electron chi connectivity index (χ1n) is 9.16. The molecule has 2 saturated heterocycles. The van der Waals surface area contributed by atoms with E-state index in [1.807, 2.05) is 13.1 Å². The number of ether oxygens (including phenoxy) is 1. The van der Waals surface area contributed by atoms with Crippen molar-refractivity contribution in [1.29, 1.82) is 0 Å². The van der Waals surface area contributed by atoms with E-state index in [0.29, 0.717) is 5.41 Å². The highest BCUT2D eigenvalue weighted by molar-refractivity contribution is 14.0. The molecular weight excluding hydrogens is 441 g/mol. The maximum absolute atomic E-state index is 5.63. The van der Waals surface area contributed by atoms with Gasteiger partial charge in [0.15, 0.2) is 5.96 Å². The van der Waals surface area contributed by atoms with Crippen LogP contribution in [-0.2, 0) is 11.3 Å². The summed E-state index contributed by atoms with van der Waals surface area (Å²) < 4.78 is 7.90. The zero-order valence-corrected chi connectivity index (χ0v) is 17.9. The van der Waals surface area contributed by atoms with Crippen LogP contribution in [0.2, 0.25) is 0 Å².